The summed E-state index contributed by atoms with van der Waals surface area (Å²) in [5.74, 6) is 1.06. The monoisotopic (exact) mass is 354 g/mol. The molecule has 0 bridgehead atoms. The third-order valence-electron chi connectivity index (χ3n) is 4.47. The van der Waals surface area contributed by atoms with E-state index in [0.29, 0.717) is 36.6 Å². The summed E-state index contributed by atoms with van der Waals surface area (Å²) in [5, 5.41) is 2.91. The Hall–Kier alpha value is -3.02. The molecule has 1 aliphatic heterocycles. The Labute approximate surface area is 152 Å². The highest BCUT2D eigenvalue weighted by Gasteiger charge is 2.30. The largest absolute Gasteiger partial charge is 0.493 e. The van der Waals surface area contributed by atoms with Crippen molar-refractivity contribution in [1.29, 1.82) is 0 Å². The van der Waals surface area contributed by atoms with Gasteiger partial charge in [0.1, 0.15) is 0 Å². The van der Waals surface area contributed by atoms with E-state index >= 15 is 0 Å². The van der Waals surface area contributed by atoms with E-state index in [1.807, 2.05) is 30.3 Å². The van der Waals surface area contributed by atoms with Gasteiger partial charge in [-0.15, -0.1) is 0 Å². The zero-order chi connectivity index (χ0) is 18.5. The highest BCUT2D eigenvalue weighted by Crippen LogP contribution is 2.28. The van der Waals surface area contributed by atoms with Crippen LogP contribution >= 0.6 is 0 Å². The van der Waals surface area contributed by atoms with E-state index in [9.17, 15) is 9.59 Å². The van der Waals surface area contributed by atoms with E-state index in [1.54, 1.807) is 30.2 Å². The fourth-order valence-electron chi connectivity index (χ4n) is 3.09. The second-order valence-corrected chi connectivity index (χ2v) is 6.19. The number of carbonyl (C=O) groups is 2. The molecule has 1 N–H and O–H groups in total. The number of amides is 2. The molecule has 0 aromatic heterocycles. The van der Waals surface area contributed by atoms with Gasteiger partial charge in [0.15, 0.2) is 11.5 Å². The van der Waals surface area contributed by atoms with Crippen molar-refractivity contribution in [2.45, 2.75) is 6.42 Å². The van der Waals surface area contributed by atoms with Gasteiger partial charge in [-0.25, -0.2) is 0 Å². The summed E-state index contributed by atoms with van der Waals surface area (Å²) in [6.07, 6.45) is 0.432. The third-order valence-corrected chi connectivity index (χ3v) is 4.47. The van der Waals surface area contributed by atoms with Gasteiger partial charge in [0.2, 0.25) is 5.91 Å². The smallest absolute Gasteiger partial charge is 0.251 e. The van der Waals surface area contributed by atoms with Crippen LogP contribution in [0.25, 0.3) is 0 Å². The van der Waals surface area contributed by atoms with Crippen LogP contribution in [0.2, 0.25) is 0 Å². The van der Waals surface area contributed by atoms with E-state index in [0.717, 1.165) is 5.69 Å². The first kappa shape index (κ1) is 17.8. The lowest BCUT2D eigenvalue weighted by Crippen LogP contribution is -2.31. The van der Waals surface area contributed by atoms with Gasteiger partial charge in [0.05, 0.1) is 14.2 Å². The van der Waals surface area contributed by atoms with Crippen molar-refractivity contribution in [3.05, 3.63) is 54.1 Å². The minimum Gasteiger partial charge on any atom is -0.493 e. The van der Waals surface area contributed by atoms with E-state index < -0.39 is 0 Å². The van der Waals surface area contributed by atoms with E-state index in [4.69, 9.17) is 9.47 Å². The zero-order valence-corrected chi connectivity index (χ0v) is 14.9. The Morgan fingerprint density at radius 1 is 1.12 bits per heavy atom. The van der Waals surface area contributed by atoms with Crippen LogP contribution in [0.4, 0.5) is 5.69 Å². The van der Waals surface area contributed by atoms with Crippen LogP contribution in [0.15, 0.2) is 48.5 Å². The van der Waals surface area contributed by atoms with Gasteiger partial charge in [-0.2, -0.15) is 0 Å². The molecule has 0 radical (unpaired) electrons. The Morgan fingerprint density at radius 2 is 1.85 bits per heavy atom. The number of hydrogen-bond donors (Lipinski definition) is 1. The SMILES string of the molecule is COc1ccc(C(=O)NC[C@H]2CC(=O)N(c3ccccc3)C2)cc1OC. The minimum absolute atomic E-state index is 0.0848. The highest BCUT2D eigenvalue weighted by molar-refractivity contribution is 5.96. The summed E-state index contributed by atoms with van der Waals surface area (Å²) in [6.45, 7) is 1.05. The normalized spacial score (nSPS) is 16.5. The predicted molar refractivity (Wildman–Crippen MR) is 98.8 cm³/mol. The number of hydrogen-bond acceptors (Lipinski definition) is 4. The van der Waals surface area contributed by atoms with Gasteiger partial charge in [-0.05, 0) is 30.3 Å². The van der Waals surface area contributed by atoms with Crippen molar-refractivity contribution in [2.75, 3.05) is 32.2 Å². The maximum Gasteiger partial charge on any atom is 0.251 e. The third kappa shape index (κ3) is 3.79. The van der Waals surface area contributed by atoms with Gasteiger partial charge in [0.25, 0.3) is 5.91 Å². The number of rotatable bonds is 6. The molecule has 0 unspecified atom stereocenters. The van der Waals surface area contributed by atoms with Crippen LogP contribution in [-0.2, 0) is 4.79 Å². The van der Waals surface area contributed by atoms with E-state index in [-0.39, 0.29) is 17.7 Å². The predicted octanol–water partition coefficient (Wildman–Crippen LogP) is 2.49. The fraction of sp³-hybridized carbons (Fsp3) is 0.300. The van der Waals surface area contributed by atoms with Gasteiger partial charge in [-0.3, -0.25) is 9.59 Å². The summed E-state index contributed by atoms with van der Waals surface area (Å²) in [7, 11) is 3.08. The summed E-state index contributed by atoms with van der Waals surface area (Å²) in [5.41, 5.74) is 1.39. The first-order chi connectivity index (χ1) is 12.6. The molecular weight excluding hydrogens is 332 g/mol. The molecule has 136 valence electrons. The topological polar surface area (TPSA) is 67.9 Å². The fourth-order valence-corrected chi connectivity index (χ4v) is 3.09. The second kappa shape index (κ2) is 7.91. The van der Waals surface area contributed by atoms with Gasteiger partial charge in [-0.1, -0.05) is 18.2 Å². The molecule has 2 aromatic rings. The number of nitrogens with zero attached hydrogens (tertiary/aromatic N) is 1. The van der Waals surface area contributed by atoms with Crippen LogP contribution in [0, 0.1) is 5.92 Å². The molecule has 26 heavy (non-hydrogen) atoms. The lowest BCUT2D eigenvalue weighted by atomic mass is 10.1. The van der Waals surface area contributed by atoms with Crippen LogP contribution < -0.4 is 19.7 Å². The van der Waals surface area contributed by atoms with E-state index in [1.165, 1.54) is 7.11 Å². The number of methoxy groups -OCH3 is 2. The van der Waals surface area contributed by atoms with Crippen molar-refractivity contribution in [3.8, 4) is 11.5 Å². The van der Waals surface area contributed by atoms with Crippen molar-refractivity contribution in [1.82, 2.24) is 5.32 Å². The van der Waals surface area contributed by atoms with E-state index in [2.05, 4.69) is 5.32 Å². The van der Waals surface area contributed by atoms with Crippen molar-refractivity contribution >= 4 is 17.5 Å². The standard InChI is InChI=1S/C20H22N2O4/c1-25-17-9-8-15(11-18(17)26-2)20(24)21-12-14-10-19(23)22(13-14)16-6-4-3-5-7-16/h3-9,11,14H,10,12-13H2,1-2H3,(H,21,24)/t14-/m1/s1. The summed E-state index contributed by atoms with van der Waals surface area (Å²) in [4.78, 5) is 26.4. The molecule has 2 aromatic carbocycles. The van der Waals surface area contributed by atoms with Crippen LogP contribution in [0.3, 0.4) is 0 Å². The first-order valence-corrected chi connectivity index (χ1v) is 8.48. The molecule has 0 spiro atoms. The van der Waals surface area contributed by atoms with Gasteiger partial charge in [0, 0.05) is 36.7 Å². The Morgan fingerprint density at radius 3 is 2.54 bits per heavy atom. The molecule has 6 heteroatoms. The number of nitrogens with one attached hydrogen (secondary N) is 1. The Bertz CT molecular complexity index is 792. The second-order valence-electron chi connectivity index (χ2n) is 6.19. The summed E-state index contributed by atoms with van der Waals surface area (Å²) in [6, 6.07) is 14.6. The number of anilines is 1. The molecule has 1 fully saturated rings. The van der Waals surface area contributed by atoms with Crippen molar-refractivity contribution in [3.63, 3.8) is 0 Å². The van der Waals surface area contributed by atoms with Gasteiger partial charge < -0.3 is 19.7 Å². The zero-order valence-electron chi connectivity index (χ0n) is 14.9. The summed E-state index contributed by atoms with van der Waals surface area (Å²) >= 11 is 0. The van der Waals surface area contributed by atoms with Gasteiger partial charge >= 0.3 is 0 Å². The summed E-state index contributed by atoms with van der Waals surface area (Å²) < 4.78 is 10.4. The maximum absolute atomic E-state index is 12.4. The minimum atomic E-state index is -0.198. The molecule has 1 atom stereocenters. The van der Waals surface area contributed by atoms with Crippen LogP contribution in [0.5, 0.6) is 11.5 Å². The van der Waals surface area contributed by atoms with Crippen LogP contribution in [-0.4, -0.2) is 39.1 Å². The molecule has 1 heterocycles. The maximum atomic E-state index is 12.4. The molecule has 6 nitrogen and oxygen atoms in total. The molecule has 0 saturated carbocycles. The Balaban J connectivity index is 1.59. The van der Waals surface area contributed by atoms with Crippen molar-refractivity contribution in [2.24, 2.45) is 5.92 Å². The number of para-hydroxylation sites is 1. The molecule has 0 aliphatic carbocycles. The number of ether oxygens (including phenoxy) is 2. The number of benzene rings is 2. The molecule has 3 rings (SSSR count). The molecule has 1 saturated heterocycles. The number of carbonyl (C=O) groups excluding carboxylic acids is 2. The quantitative estimate of drug-likeness (QED) is 0.865. The van der Waals surface area contributed by atoms with Crippen molar-refractivity contribution < 1.29 is 19.1 Å². The molecular formula is C20H22N2O4. The lowest BCUT2D eigenvalue weighted by molar-refractivity contribution is -0.117. The molecule has 2 amide bonds. The average Bonchev–Trinajstić information content (AvgIpc) is 3.06. The first-order valence-electron chi connectivity index (χ1n) is 8.48. The molecule has 1 aliphatic rings. The lowest BCUT2D eigenvalue weighted by Gasteiger charge is -2.17. The Kier molecular flexibility index (Phi) is 5.41. The highest BCUT2D eigenvalue weighted by atomic mass is 16.5. The van der Waals surface area contributed by atoms with Crippen LogP contribution in [0.1, 0.15) is 16.8 Å². The average molecular weight is 354 g/mol.